The van der Waals surface area contributed by atoms with Crippen molar-refractivity contribution in [2.75, 3.05) is 25.5 Å². The molecule has 0 aliphatic carbocycles. The van der Waals surface area contributed by atoms with Gasteiger partial charge in [-0.05, 0) is 26.0 Å². The molecule has 1 fully saturated rings. The van der Waals surface area contributed by atoms with Crippen LogP contribution in [0.3, 0.4) is 0 Å². The van der Waals surface area contributed by atoms with E-state index in [1.807, 2.05) is 13.8 Å². The van der Waals surface area contributed by atoms with E-state index in [9.17, 15) is 14.9 Å². The summed E-state index contributed by atoms with van der Waals surface area (Å²) in [4.78, 5) is 24.7. The van der Waals surface area contributed by atoms with Crippen molar-refractivity contribution < 1.29 is 14.5 Å². The van der Waals surface area contributed by atoms with Crippen molar-refractivity contribution in [3.05, 3.63) is 33.9 Å². The Morgan fingerprint density at radius 1 is 1.38 bits per heavy atom. The zero-order chi connectivity index (χ0) is 15.6. The topological polar surface area (TPSA) is 84.7 Å². The van der Waals surface area contributed by atoms with E-state index >= 15 is 0 Å². The van der Waals surface area contributed by atoms with Gasteiger partial charge in [0.1, 0.15) is 5.69 Å². The largest absolute Gasteiger partial charge is 0.383 e. The second kappa shape index (κ2) is 6.09. The standard InChI is InChI=1S/C14H19N3O4/c1-9-7-16(8-10(2)21-9)14(18)11-4-5-13(17(19)20)12(6-11)15-3/h4-6,9-10,15H,7-8H2,1-3H3. The summed E-state index contributed by atoms with van der Waals surface area (Å²) in [5, 5.41) is 13.7. The first-order valence-electron chi connectivity index (χ1n) is 6.83. The minimum absolute atomic E-state index is 0.0143. The van der Waals surface area contributed by atoms with Crippen LogP contribution >= 0.6 is 0 Å². The van der Waals surface area contributed by atoms with Crippen molar-refractivity contribution in [2.45, 2.75) is 26.1 Å². The van der Waals surface area contributed by atoms with Gasteiger partial charge in [0.15, 0.2) is 0 Å². The molecule has 0 aromatic heterocycles. The predicted octanol–water partition coefficient (Wildman–Crippen LogP) is 1.89. The Morgan fingerprint density at radius 2 is 2.00 bits per heavy atom. The van der Waals surface area contributed by atoms with Crippen LogP contribution in [0.1, 0.15) is 24.2 Å². The molecule has 0 spiro atoms. The number of amides is 1. The number of ether oxygens (including phenoxy) is 1. The molecule has 1 aliphatic rings. The number of nitrogens with one attached hydrogen (secondary N) is 1. The Kier molecular flexibility index (Phi) is 4.42. The number of benzene rings is 1. The normalized spacial score (nSPS) is 22.0. The van der Waals surface area contributed by atoms with Gasteiger partial charge in [0.25, 0.3) is 11.6 Å². The molecule has 0 radical (unpaired) electrons. The minimum Gasteiger partial charge on any atom is -0.383 e. The number of hydrogen-bond acceptors (Lipinski definition) is 5. The van der Waals surface area contributed by atoms with Gasteiger partial charge in [-0.1, -0.05) is 0 Å². The summed E-state index contributed by atoms with van der Waals surface area (Å²) < 4.78 is 5.60. The maximum atomic E-state index is 12.5. The SMILES string of the molecule is CNc1cc(C(=O)N2CC(C)OC(C)C2)ccc1[N+](=O)[O-]. The van der Waals surface area contributed by atoms with E-state index in [1.165, 1.54) is 18.2 Å². The Bertz CT molecular complexity index is 551. The van der Waals surface area contributed by atoms with E-state index in [-0.39, 0.29) is 23.8 Å². The summed E-state index contributed by atoms with van der Waals surface area (Å²) in [7, 11) is 1.59. The number of carbonyl (C=O) groups is 1. The lowest BCUT2D eigenvalue weighted by atomic mass is 10.1. The number of nitrogens with zero attached hydrogens (tertiary/aromatic N) is 2. The molecule has 1 N–H and O–H groups in total. The third-order valence-corrected chi connectivity index (χ3v) is 3.42. The third-order valence-electron chi connectivity index (χ3n) is 3.42. The average molecular weight is 293 g/mol. The maximum absolute atomic E-state index is 12.5. The summed E-state index contributed by atoms with van der Waals surface area (Å²) in [5.74, 6) is -0.136. The van der Waals surface area contributed by atoms with Crippen LogP contribution in [0, 0.1) is 10.1 Å². The van der Waals surface area contributed by atoms with Crippen LogP contribution in [0.25, 0.3) is 0 Å². The maximum Gasteiger partial charge on any atom is 0.292 e. The summed E-state index contributed by atoms with van der Waals surface area (Å²) in [6.07, 6.45) is -0.0287. The molecule has 114 valence electrons. The van der Waals surface area contributed by atoms with Crippen molar-refractivity contribution >= 4 is 17.3 Å². The highest BCUT2D eigenvalue weighted by Gasteiger charge is 2.27. The lowest BCUT2D eigenvalue weighted by molar-refractivity contribution is -0.383. The first-order chi connectivity index (χ1) is 9.92. The van der Waals surface area contributed by atoms with Gasteiger partial charge in [-0.3, -0.25) is 14.9 Å². The number of rotatable bonds is 3. The Morgan fingerprint density at radius 3 is 2.52 bits per heavy atom. The third kappa shape index (κ3) is 3.30. The first-order valence-corrected chi connectivity index (χ1v) is 6.83. The fourth-order valence-corrected chi connectivity index (χ4v) is 2.55. The number of morpholine rings is 1. The van der Waals surface area contributed by atoms with Gasteiger partial charge >= 0.3 is 0 Å². The monoisotopic (exact) mass is 293 g/mol. The van der Waals surface area contributed by atoms with E-state index < -0.39 is 4.92 Å². The summed E-state index contributed by atoms with van der Waals surface area (Å²) in [5.41, 5.74) is 0.726. The van der Waals surface area contributed by atoms with Gasteiger partial charge in [-0.25, -0.2) is 0 Å². The minimum atomic E-state index is -0.473. The smallest absolute Gasteiger partial charge is 0.292 e. The van der Waals surface area contributed by atoms with E-state index in [4.69, 9.17) is 4.74 Å². The van der Waals surface area contributed by atoms with E-state index in [2.05, 4.69) is 5.32 Å². The first kappa shape index (κ1) is 15.2. The Hall–Kier alpha value is -2.15. The molecule has 7 nitrogen and oxygen atoms in total. The van der Waals surface area contributed by atoms with Crippen LogP contribution in [0.15, 0.2) is 18.2 Å². The van der Waals surface area contributed by atoms with Gasteiger partial charge in [0, 0.05) is 31.8 Å². The van der Waals surface area contributed by atoms with Crippen LogP contribution in [0.4, 0.5) is 11.4 Å². The van der Waals surface area contributed by atoms with Crippen molar-refractivity contribution in [3.8, 4) is 0 Å². The predicted molar refractivity (Wildman–Crippen MR) is 78.6 cm³/mol. The number of anilines is 1. The van der Waals surface area contributed by atoms with Gasteiger partial charge in [0.2, 0.25) is 0 Å². The van der Waals surface area contributed by atoms with Gasteiger partial charge in [-0.2, -0.15) is 0 Å². The molecule has 7 heteroatoms. The molecule has 21 heavy (non-hydrogen) atoms. The van der Waals surface area contributed by atoms with E-state index in [1.54, 1.807) is 11.9 Å². The number of nitro groups is 1. The molecule has 2 unspecified atom stereocenters. The second-order valence-corrected chi connectivity index (χ2v) is 5.21. The van der Waals surface area contributed by atoms with Gasteiger partial charge in [0.05, 0.1) is 17.1 Å². The molecule has 2 atom stereocenters. The van der Waals surface area contributed by atoms with Crippen molar-refractivity contribution in [1.82, 2.24) is 4.90 Å². The fraction of sp³-hybridized carbons (Fsp3) is 0.500. The van der Waals surface area contributed by atoms with Crippen LogP contribution < -0.4 is 5.32 Å². The highest BCUT2D eigenvalue weighted by Crippen LogP contribution is 2.26. The number of hydrogen-bond donors (Lipinski definition) is 1. The molecular weight excluding hydrogens is 274 g/mol. The molecule has 1 aromatic carbocycles. The van der Waals surface area contributed by atoms with Crippen LogP contribution in [0.5, 0.6) is 0 Å². The summed E-state index contributed by atoms with van der Waals surface area (Å²) in [6, 6.07) is 4.36. The van der Waals surface area contributed by atoms with Crippen molar-refractivity contribution in [2.24, 2.45) is 0 Å². The summed E-state index contributed by atoms with van der Waals surface area (Å²) >= 11 is 0. The molecule has 1 aromatic rings. The highest BCUT2D eigenvalue weighted by atomic mass is 16.6. The fourth-order valence-electron chi connectivity index (χ4n) is 2.55. The van der Waals surface area contributed by atoms with Gasteiger partial charge < -0.3 is 15.0 Å². The van der Waals surface area contributed by atoms with Crippen LogP contribution in [-0.2, 0) is 4.74 Å². The Labute approximate surface area is 123 Å². The van der Waals surface area contributed by atoms with E-state index in [0.29, 0.717) is 24.3 Å². The van der Waals surface area contributed by atoms with Crippen LogP contribution in [0.2, 0.25) is 0 Å². The molecule has 1 saturated heterocycles. The molecular formula is C14H19N3O4. The molecule has 0 bridgehead atoms. The zero-order valence-electron chi connectivity index (χ0n) is 12.3. The Balaban J connectivity index is 2.25. The zero-order valence-corrected chi connectivity index (χ0v) is 12.3. The molecule has 1 heterocycles. The lowest BCUT2D eigenvalue weighted by Gasteiger charge is -2.35. The molecule has 2 rings (SSSR count). The van der Waals surface area contributed by atoms with Gasteiger partial charge in [-0.15, -0.1) is 0 Å². The number of carbonyl (C=O) groups excluding carboxylic acids is 1. The van der Waals surface area contributed by atoms with Crippen LogP contribution in [-0.4, -0.2) is 48.1 Å². The highest BCUT2D eigenvalue weighted by molar-refractivity contribution is 5.96. The lowest BCUT2D eigenvalue weighted by Crippen LogP contribution is -2.48. The molecule has 1 aliphatic heterocycles. The van der Waals surface area contributed by atoms with E-state index in [0.717, 1.165) is 0 Å². The molecule has 1 amide bonds. The second-order valence-electron chi connectivity index (χ2n) is 5.21. The number of nitro benzene ring substituents is 1. The van der Waals surface area contributed by atoms with Crippen molar-refractivity contribution in [1.29, 1.82) is 0 Å². The average Bonchev–Trinajstić information content (AvgIpc) is 2.44. The quantitative estimate of drug-likeness (QED) is 0.679. The molecule has 0 saturated carbocycles. The van der Waals surface area contributed by atoms with Crippen molar-refractivity contribution in [3.63, 3.8) is 0 Å². The summed E-state index contributed by atoms with van der Waals surface area (Å²) in [6.45, 7) is 4.89.